The minimum absolute atomic E-state index is 0.154. The number of ether oxygens (including phenoxy) is 2. The van der Waals surface area contributed by atoms with E-state index < -0.39 is 11.9 Å². The monoisotopic (exact) mass is 542 g/mol. The van der Waals surface area contributed by atoms with E-state index in [9.17, 15) is 18.4 Å². The fraction of sp³-hybridized carbons (Fsp3) is 0.125. The molecule has 2 aromatic heterocycles. The number of furan rings is 2. The summed E-state index contributed by atoms with van der Waals surface area (Å²) in [6, 6.07) is 14.9. The van der Waals surface area contributed by atoms with Gasteiger partial charge in [0.05, 0.1) is 13.2 Å². The Bertz CT molecular complexity index is 1620. The fourth-order valence-corrected chi connectivity index (χ4v) is 4.28. The summed E-state index contributed by atoms with van der Waals surface area (Å²) in [5, 5.41) is 0.867. The van der Waals surface area contributed by atoms with Gasteiger partial charge in [-0.15, -0.1) is 0 Å². The summed E-state index contributed by atoms with van der Waals surface area (Å²) < 4.78 is 49.3. The van der Waals surface area contributed by atoms with E-state index in [0.29, 0.717) is 33.1 Å². The zero-order valence-corrected chi connectivity index (χ0v) is 21.7. The molecule has 0 bridgehead atoms. The van der Waals surface area contributed by atoms with Gasteiger partial charge in [-0.05, 0) is 73.5 Å². The largest absolute Gasteiger partial charge is 0.462 e. The maximum Gasteiger partial charge on any atom is 0.342 e. The third-order valence-corrected chi connectivity index (χ3v) is 6.11. The molecular weight excluding hydrogens is 518 g/mol. The van der Waals surface area contributed by atoms with Crippen molar-refractivity contribution in [3.05, 3.63) is 106 Å². The molecule has 5 aromatic rings. The van der Waals surface area contributed by atoms with E-state index in [-0.39, 0.29) is 47.5 Å². The fourth-order valence-electron chi connectivity index (χ4n) is 4.28. The molecule has 0 N–H and O–H groups in total. The molecule has 0 aliphatic carbocycles. The standard InChI is InChI=1S/C32H24F2O6/c1-3-37-31(35)29-23-17-28-24(18-27(23)39-25(29)15-9-19-5-11-21(33)12-6-19)30(32(36)38-4-2)26(40-28)16-10-20-7-13-22(34)14-8-20/h5-18H,3-4H2,1-2H3/b15-9+,16-10+. The number of rotatable bonds is 8. The van der Waals surface area contributed by atoms with Crippen molar-refractivity contribution in [1.82, 2.24) is 0 Å². The first kappa shape index (κ1) is 26.6. The molecule has 202 valence electrons. The summed E-state index contributed by atoms with van der Waals surface area (Å²) >= 11 is 0. The van der Waals surface area contributed by atoms with Crippen LogP contribution < -0.4 is 0 Å². The SMILES string of the molecule is CCOC(=O)c1c(/C=C/c2ccc(F)cc2)oc2cc3c(C(=O)OCC)c(/C=C/c4ccc(F)cc4)oc3cc12. The Morgan fingerprint density at radius 3 is 1.38 bits per heavy atom. The number of benzene rings is 3. The van der Waals surface area contributed by atoms with Gasteiger partial charge in [-0.2, -0.15) is 0 Å². The Morgan fingerprint density at radius 1 is 0.650 bits per heavy atom. The highest BCUT2D eigenvalue weighted by atomic mass is 19.1. The second kappa shape index (κ2) is 11.4. The second-order valence-electron chi connectivity index (χ2n) is 8.74. The first-order chi connectivity index (χ1) is 19.4. The van der Waals surface area contributed by atoms with Crippen molar-refractivity contribution >= 4 is 58.2 Å². The highest BCUT2D eigenvalue weighted by Crippen LogP contribution is 2.36. The van der Waals surface area contributed by atoms with Crippen LogP contribution in [0.2, 0.25) is 0 Å². The third kappa shape index (κ3) is 5.42. The van der Waals surface area contributed by atoms with Gasteiger partial charge in [0.2, 0.25) is 0 Å². The van der Waals surface area contributed by atoms with Crippen molar-refractivity contribution < 1.29 is 36.7 Å². The topological polar surface area (TPSA) is 78.9 Å². The maximum atomic E-state index is 13.3. The predicted octanol–water partition coefficient (Wildman–Crippen LogP) is 8.15. The van der Waals surface area contributed by atoms with Crippen LogP contribution in [-0.2, 0) is 9.47 Å². The molecule has 0 saturated heterocycles. The molecule has 5 rings (SSSR count). The Labute approximate surface area is 228 Å². The first-order valence-electron chi connectivity index (χ1n) is 12.6. The highest BCUT2D eigenvalue weighted by Gasteiger charge is 2.26. The van der Waals surface area contributed by atoms with E-state index in [0.717, 1.165) is 0 Å². The van der Waals surface area contributed by atoms with Crippen molar-refractivity contribution in [2.45, 2.75) is 13.8 Å². The number of carbonyl (C=O) groups is 2. The molecule has 2 heterocycles. The number of hydrogen-bond donors (Lipinski definition) is 0. The van der Waals surface area contributed by atoms with E-state index >= 15 is 0 Å². The van der Waals surface area contributed by atoms with E-state index in [1.807, 2.05) is 0 Å². The van der Waals surface area contributed by atoms with Crippen LogP contribution in [0.1, 0.15) is 57.2 Å². The molecular formula is C32H24F2O6. The van der Waals surface area contributed by atoms with Gasteiger partial charge >= 0.3 is 11.9 Å². The van der Waals surface area contributed by atoms with Gasteiger partial charge in [0.1, 0.15) is 45.4 Å². The van der Waals surface area contributed by atoms with Crippen LogP contribution in [-0.4, -0.2) is 25.2 Å². The molecule has 0 unspecified atom stereocenters. The van der Waals surface area contributed by atoms with E-state index in [2.05, 4.69) is 0 Å². The van der Waals surface area contributed by atoms with Crippen LogP contribution in [0.15, 0.2) is 69.5 Å². The van der Waals surface area contributed by atoms with Gasteiger partial charge in [-0.1, -0.05) is 36.4 Å². The lowest BCUT2D eigenvalue weighted by Crippen LogP contribution is -2.05. The molecule has 0 fully saturated rings. The summed E-state index contributed by atoms with van der Waals surface area (Å²) in [6.45, 7) is 3.70. The van der Waals surface area contributed by atoms with E-state index in [1.165, 1.54) is 24.3 Å². The Kier molecular flexibility index (Phi) is 7.59. The molecule has 0 spiro atoms. The van der Waals surface area contributed by atoms with E-state index in [1.54, 1.807) is 74.5 Å². The zero-order valence-electron chi connectivity index (χ0n) is 21.7. The summed E-state index contributed by atoms with van der Waals surface area (Å²) in [5.41, 5.74) is 2.44. The van der Waals surface area contributed by atoms with Crippen molar-refractivity contribution in [2.75, 3.05) is 13.2 Å². The van der Waals surface area contributed by atoms with Crippen LogP contribution in [0.25, 0.3) is 46.2 Å². The minimum atomic E-state index is -0.590. The number of esters is 2. The molecule has 3 aromatic carbocycles. The molecule has 0 aliphatic heterocycles. The molecule has 0 aliphatic rings. The minimum Gasteiger partial charge on any atom is -0.462 e. The average Bonchev–Trinajstić information content (AvgIpc) is 3.48. The lowest BCUT2D eigenvalue weighted by atomic mass is 10.1. The Hall–Kier alpha value is -4.98. The molecule has 0 amide bonds. The lowest BCUT2D eigenvalue weighted by Gasteiger charge is -2.01. The average molecular weight is 543 g/mol. The quantitative estimate of drug-likeness (QED) is 0.184. The molecule has 0 saturated carbocycles. The van der Waals surface area contributed by atoms with Gasteiger partial charge < -0.3 is 18.3 Å². The van der Waals surface area contributed by atoms with Crippen molar-refractivity contribution in [3.63, 3.8) is 0 Å². The van der Waals surface area contributed by atoms with Crippen molar-refractivity contribution in [2.24, 2.45) is 0 Å². The van der Waals surface area contributed by atoms with Crippen LogP contribution in [0.5, 0.6) is 0 Å². The summed E-state index contributed by atoms with van der Waals surface area (Å²) in [5.74, 6) is -1.43. The van der Waals surface area contributed by atoms with Gasteiger partial charge in [-0.3, -0.25) is 0 Å². The van der Waals surface area contributed by atoms with Gasteiger partial charge in [0.25, 0.3) is 0 Å². The predicted molar refractivity (Wildman–Crippen MR) is 149 cm³/mol. The molecule has 8 heteroatoms. The number of hydrogen-bond acceptors (Lipinski definition) is 6. The third-order valence-electron chi connectivity index (χ3n) is 6.11. The Morgan fingerprint density at radius 2 is 1.02 bits per heavy atom. The molecule has 40 heavy (non-hydrogen) atoms. The molecule has 0 radical (unpaired) electrons. The van der Waals surface area contributed by atoms with Crippen LogP contribution in [0.3, 0.4) is 0 Å². The number of carbonyl (C=O) groups excluding carboxylic acids is 2. The normalized spacial score (nSPS) is 11.7. The molecule has 0 atom stereocenters. The van der Waals surface area contributed by atoms with Crippen molar-refractivity contribution in [3.8, 4) is 0 Å². The van der Waals surface area contributed by atoms with Crippen LogP contribution in [0, 0.1) is 11.6 Å². The van der Waals surface area contributed by atoms with Crippen molar-refractivity contribution in [1.29, 1.82) is 0 Å². The smallest absolute Gasteiger partial charge is 0.342 e. The maximum absolute atomic E-state index is 13.3. The highest BCUT2D eigenvalue weighted by molar-refractivity contribution is 6.14. The van der Waals surface area contributed by atoms with Gasteiger partial charge in [0, 0.05) is 10.8 Å². The second-order valence-corrected chi connectivity index (χ2v) is 8.74. The first-order valence-corrected chi connectivity index (χ1v) is 12.6. The van der Waals surface area contributed by atoms with E-state index in [4.69, 9.17) is 18.3 Å². The lowest BCUT2D eigenvalue weighted by molar-refractivity contribution is 0.0517. The zero-order chi connectivity index (χ0) is 28.2. The number of fused-ring (bicyclic) bond motifs is 2. The van der Waals surface area contributed by atoms with Gasteiger partial charge in [-0.25, -0.2) is 18.4 Å². The van der Waals surface area contributed by atoms with Crippen LogP contribution >= 0.6 is 0 Å². The van der Waals surface area contributed by atoms with Crippen LogP contribution in [0.4, 0.5) is 8.78 Å². The molecule has 6 nitrogen and oxygen atoms in total. The van der Waals surface area contributed by atoms with Gasteiger partial charge in [0.15, 0.2) is 0 Å². The number of halogens is 2. The Balaban J connectivity index is 1.65. The summed E-state index contributed by atoms with van der Waals surface area (Å²) in [6.07, 6.45) is 6.58. The summed E-state index contributed by atoms with van der Waals surface area (Å²) in [4.78, 5) is 25.9. The summed E-state index contributed by atoms with van der Waals surface area (Å²) in [7, 11) is 0.